The molecule has 0 rings (SSSR count). The van der Waals surface area contributed by atoms with Gasteiger partial charge in [-0.1, -0.05) is 266 Å². The summed E-state index contributed by atoms with van der Waals surface area (Å²) in [5.74, 6) is -0.840. The quantitative estimate of drug-likeness (QED) is 0.0195. The van der Waals surface area contributed by atoms with E-state index in [1.54, 1.807) is 0 Å². The van der Waals surface area contributed by atoms with Crippen LogP contribution in [0.5, 0.6) is 0 Å². The summed E-state index contributed by atoms with van der Waals surface area (Å²) in [6.45, 7) is 4.11. The standard InChI is InChI=1S/C68H122NO8P/c1-6-8-10-12-14-16-18-20-22-24-26-27-28-29-30-31-32-33-34-35-36-37-38-39-40-41-43-45-47-49-51-53-55-57-59-61-68(71)77-66(65-76-78(72,73)75-63-62-69(3,4)5)64-74-67(70)60-58-56-54-52-50-48-46-44-42-25-23-21-19-17-15-13-11-9-7-2/h8,10,14-17,20-23,26-27,42,44,66H,6-7,9,11-13,18-19,24-25,28-41,43,45-65H2,1-5H3/b10-8-,16-14-,17-15-,22-20-,23-21-,27-26-,44-42-. The molecule has 0 N–H and O–H groups in total. The maximum atomic E-state index is 12.8. The Morgan fingerprint density at radius 1 is 0.410 bits per heavy atom. The zero-order valence-electron chi connectivity index (χ0n) is 51.3. The lowest BCUT2D eigenvalue weighted by molar-refractivity contribution is -0.870. The van der Waals surface area contributed by atoms with Gasteiger partial charge < -0.3 is 27.9 Å². The van der Waals surface area contributed by atoms with E-state index in [2.05, 4.69) is 98.9 Å². The summed E-state index contributed by atoms with van der Waals surface area (Å²) >= 11 is 0. The molecule has 0 heterocycles. The van der Waals surface area contributed by atoms with E-state index < -0.39 is 32.5 Å². The van der Waals surface area contributed by atoms with Crippen LogP contribution < -0.4 is 4.89 Å². The largest absolute Gasteiger partial charge is 0.756 e. The van der Waals surface area contributed by atoms with Gasteiger partial charge in [0.2, 0.25) is 0 Å². The molecule has 9 nitrogen and oxygen atoms in total. The van der Waals surface area contributed by atoms with Crippen LogP contribution in [0.15, 0.2) is 85.1 Å². The molecule has 0 saturated heterocycles. The molecule has 2 unspecified atom stereocenters. The number of phosphoric acid groups is 1. The number of allylic oxidation sites excluding steroid dienone is 14. The molecule has 0 saturated carbocycles. The first-order valence-corrected chi connectivity index (χ1v) is 33.8. The zero-order chi connectivity index (χ0) is 57.0. The van der Waals surface area contributed by atoms with Crippen molar-refractivity contribution in [2.24, 2.45) is 0 Å². The van der Waals surface area contributed by atoms with Gasteiger partial charge in [-0.05, 0) is 89.9 Å². The third-order valence-electron chi connectivity index (χ3n) is 13.9. The van der Waals surface area contributed by atoms with Crippen molar-refractivity contribution in [3.8, 4) is 0 Å². The summed E-state index contributed by atoms with van der Waals surface area (Å²) in [4.78, 5) is 37.9. The fourth-order valence-electron chi connectivity index (χ4n) is 8.95. The van der Waals surface area contributed by atoms with Gasteiger partial charge in [-0.15, -0.1) is 0 Å². The van der Waals surface area contributed by atoms with E-state index >= 15 is 0 Å². The van der Waals surface area contributed by atoms with Crippen LogP contribution >= 0.6 is 7.82 Å². The third-order valence-corrected chi connectivity index (χ3v) is 14.9. The molecule has 0 aromatic heterocycles. The Bertz CT molecular complexity index is 1590. The van der Waals surface area contributed by atoms with Crippen molar-refractivity contribution in [3.63, 3.8) is 0 Å². The molecule has 0 fully saturated rings. The number of rotatable bonds is 59. The van der Waals surface area contributed by atoms with Crippen LogP contribution in [0.2, 0.25) is 0 Å². The molecule has 0 aliphatic carbocycles. The Morgan fingerprint density at radius 3 is 1.09 bits per heavy atom. The topological polar surface area (TPSA) is 111 Å². The van der Waals surface area contributed by atoms with Gasteiger partial charge in [0, 0.05) is 12.8 Å². The lowest BCUT2D eigenvalue weighted by Crippen LogP contribution is -2.37. The minimum atomic E-state index is -4.64. The van der Waals surface area contributed by atoms with Gasteiger partial charge >= 0.3 is 11.9 Å². The first-order chi connectivity index (χ1) is 38.0. The molecule has 0 bridgehead atoms. The second-order valence-electron chi connectivity index (χ2n) is 22.7. The molecule has 0 aliphatic rings. The Labute approximate surface area is 481 Å². The minimum Gasteiger partial charge on any atom is -0.756 e. The molecule has 0 radical (unpaired) electrons. The molecule has 0 amide bonds. The first kappa shape index (κ1) is 75.2. The van der Waals surface area contributed by atoms with Crippen molar-refractivity contribution in [2.75, 3.05) is 47.5 Å². The summed E-state index contributed by atoms with van der Waals surface area (Å²) in [5.41, 5.74) is 0. The molecule has 0 aromatic rings. The highest BCUT2D eigenvalue weighted by atomic mass is 31.2. The van der Waals surface area contributed by atoms with Crippen molar-refractivity contribution < 1.29 is 42.1 Å². The highest BCUT2D eigenvalue weighted by Gasteiger charge is 2.22. The van der Waals surface area contributed by atoms with Crippen LogP contribution in [0, 0.1) is 0 Å². The van der Waals surface area contributed by atoms with E-state index in [0.717, 1.165) is 83.5 Å². The van der Waals surface area contributed by atoms with Crippen LogP contribution in [0.1, 0.15) is 284 Å². The van der Waals surface area contributed by atoms with Crippen LogP contribution in [0.25, 0.3) is 0 Å². The number of phosphoric ester groups is 1. The van der Waals surface area contributed by atoms with Crippen LogP contribution in [0.4, 0.5) is 0 Å². The van der Waals surface area contributed by atoms with E-state index in [4.69, 9.17) is 18.5 Å². The molecule has 452 valence electrons. The Morgan fingerprint density at radius 2 is 0.731 bits per heavy atom. The smallest absolute Gasteiger partial charge is 0.306 e. The molecule has 10 heteroatoms. The molecule has 0 aromatic carbocycles. The van der Waals surface area contributed by atoms with E-state index in [-0.39, 0.29) is 26.1 Å². The van der Waals surface area contributed by atoms with Crippen molar-refractivity contribution in [2.45, 2.75) is 290 Å². The molecular formula is C68H122NO8P. The molecule has 78 heavy (non-hydrogen) atoms. The fourth-order valence-corrected chi connectivity index (χ4v) is 9.68. The van der Waals surface area contributed by atoms with E-state index in [1.165, 1.54) is 161 Å². The number of unbranched alkanes of at least 4 members (excludes halogenated alkanes) is 31. The number of quaternary nitrogens is 1. The number of hydrogen-bond acceptors (Lipinski definition) is 8. The fraction of sp³-hybridized carbons (Fsp3) is 0.765. The van der Waals surface area contributed by atoms with Gasteiger partial charge in [-0.2, -0.15) is 0 Å². The van der Waals surface area contributed by atoms with Crippen molar-refractivity contribution in [1.82, 2.24) is 0 Å². The highest BCUT2D eigenvalue weighted by molar-refractivity contribution is 7.45. The van der Waals surface area contributed by atoms with E-state index in [1.807, 2.05) is 21.1 Å². The van der Waals surface area contributed by atoms with Gasteiger partial charge in [-0.3, -0.25) is 14.2 Å². The molecule has 0 aliphatic heterocycles. The first-order valence-electron chi connectivity index (χ1n) is 32.3. The summed E-state index contributed by atoms with van der Waals surface area (Å²) in [5, 5.41) is 0. The Kier molecular flexibility index (Phi) is 56.7. The number of carbonyl (C=O) groups excluding carboxylic acids is 2. The van der Waals surface area contributed by atoms with Crippen molar-refractivity contribution in [3.05, 3.63) is 85.1 Å². The molecule has 0 spiro atoms. The maximum Gasteiger partial charge on any atom is 0.306 e. The van der Waals surface area contributed by atoms with Gasteiger partial charge in [0.05, 0.1) is 27.7 Å². The van der Waals surface area contributed by atoms with Gasteiger partial charge in [-0.25, -0.2) is 0 Å². The number of hydrogen-bond donors (Lipinski definition) is 0. The molecular weight excluding hydrogens is 990 g/mol. The van der Waals surface area contributed by atoms with Crippen LogP contribution in [-0.2, 0) is 32.7 Å². The van der Waals surface area contributed by atoms with Crippen molar-refractivity contribution >= 4 is 19.8 Å². The third kappa shape index (κ3) is 62.4. The average Bonchev–Trinajstić information content (AvgIpc) is 3.41. The summed E-state index contributed by atoms with van der Waals surface area (Å²) in [6, 6.07) is 0. The summed E-state index contributed by atoms with van der Waals surface area (Å²) < 4.78 is 34.2. The monoisotopic (exact) mass is 1110 g/mol. The predicted molar refractivity (Wildman–Crippen MR) is 332 cm³/mol. The van der Waals surface area contributed by atoms with E-state index in [9.17, 15) is 19.0 Å². The summed E-state index contributed by atoms with van der Waals surface area (Å²) in [7, 11) is 1.16. The Hall–Kier alpha value is -2.81. The number of nitrogens with zero attached hydrogens (tertiary/aromatic N) is 1. The van der Waals surface area contributed by atoms with Crippen molar-refractivity contribution in [1.29, 1.82) is 0 Å². The van der Waals surface area contributed by atoms with Crippen LogP contribution in [0.3, 0.4) is 0 Å². The highest BCUT2D eigenvalue weighted by Crippen LogP contribution is 2.38. The minimum absolute atomic E-state index is 0.0345. The van der Waals surface area contributed by atoms with Gasteiger partial charge in [0.15, 0.2) is 6.10 Å². The molecule has 2 atom stereocenters. The average molecular weight is 1110 g/mol. The number of ether oxygens (including phenoxy) is 2. The normalized spacial score (nSPS) is 13.8. The zero-order valence-corrected chi connectivity index (χ0v) is 52.2. The van der Waals surface area contributed by atoms with Crippen LogP contribution in [-0.4, -0.2) is 70.0 Å². The number of carbonyl (C=O) groups is 2. The van der Waals surface area contributed by atoms with E-state index in [0.29, 0.717) is 23.9 Å². The Balaban J connectivity index is 4.02. The summed E-state index contributed by atoms with van der Waals surface area (Å²) in [6.07, 6.45) is 79.4. The van der Waals surface area contributed by atoms with Gasteiger partial charge in [0.25, 0.3) is 7.82 Å². The lowest BCUT2D eigenvalue weighted by atomic mass is 10.0. The lowest BCUT2D eigenvalue weighted by Gasteiger charge is -2.28. The maximum absolute atomic E-state index is 12.8. The number of likely N-dealkylation sites (N-methyl/N-ethyl adjacent to an activating group) is 1. The second-order valence-corrected chi connectivity index (χ2v) is 24.2. The van der Waals surface area contributed by atoms with Gasteiger partial charge in [0.1, 0.15) is 19.8 Å². The SMILES string of the molecule is CC/C=C\C/C=C\C/C=C\C/C=C\CCCCCCCCCCCCCCCCCCCCCCCCC(=O)OC(COC(=O)CCCCCCCC/C=C\C/C=C\C/C=C\CCCCC)COP(=O)([O-])OCC[N+](C)(C)C. The number of esters is 2. The second kappa shape index (κ2) is 58.8. The predicted octanol–water partition coefficient (Wildman–Crippen LogP) is 20.0.